The summed E-state index contributed by atoms with van der Waals surface area (Å²) >= 11 is 5.47. The summed E-state index contributed by atoms with van der Waals surface area (Å²) in [5, 5.41) is -0.475. The summed E-state index contributed by atoms with van der Waals surface area (Å²) in [6.07, 6.45) is -0.343. The van der Waals surface area contributed by atoms with Gasteiger partial charge in [-0.25, -0.2) is 4.79 Å². The number of carbonyl (C=O) groups excluding carboxylic acids is 2. The lowest BCUT2D eigenvalue weighted by Crippen LogP contribution is -2.59. The van der Waals surface area contributed by atoms with Crippen LogP contribution in [0.15, 0.2) is 0 Å². The van der Waals surface area contributed by atoms with E-state index in [0.717, 1.165) is 0 Å². The summed E-state index contributed by atoms with van der Waals surface area (Å²) in [6.45, 7) is 10.1. The molecular weight excluding hydrogens is 256 g/mol. The predicted octanol–water partition coefficient (Wildman–Crippen LogP) is 2.67. The second-order valence-corrected chi connectivity index (χ2v) is 6.07. The van der Waals surface area contributed by atoms with Crippen molar-refractivity contribution in [1.29, 1.82) is 0 Å². The molecule has 0 bridgehead atoms. The zero-order chi connectivity index (χ0) is 14.1. The van der Waals surface area contributed by atoms with Gasteiger partial charge in [0.05, 0.1) is 12.1 Å². The van der Waals surface area contributed by atoms with Gasteiger partial charge in [-0.2, -0.15) is 0 Å². The van der Waals surface area contributed by atoms with E-state index in [9.17, 15) is 9.59 Å². The molecule has 0 aromatic rings. The van der Waals surface area contributed by atoms with Crippen molar-refractivity contribution >= 4 is 23.1 Å². The fourth-order valence-electron chi connectivity index (χ4n) is 2.14. The van der Waals surface area contributed by atoms with Gasteiger partial charge in [-0.05, 0) is 46.2 Å². The highest BCUT2D eigenvalue weighted by Crippen LogP contribution is 2.20. The normalized spacial score (nSPS) is 25.0. The van der Waals surface area contributed by atoms with Gasteiger partial charge in [-0.1, -0.05) is 0 Å². The molecule has 2 atom stereocenters. The molecule has 1 heterocycles. The van der Waals surface area contributed by atoms with Crippen LogP contribution in [0.4, 0.5) is 9.59 Å². The molecule has 2 amide bonds. The first-order chi connectivity index (χ1) is 8.11. The molecule has 0 unspecified atom stereocenters. The van der Waals surface area contributed by atoms with E-state index in [1.807, 2.05) is 34.6 Å². The highest BCUT2D eigenvalue weighted by Gasteiger charge is 2.36. The van der Waals surface area contributed by atoms with Crippen LogP contribution in [0.3, 0.4) is 0 Å². The summed E-state index contributed by atoms with van der Waals surface area (Å²) in [5.74, 6) is 0. The number of carbonyl (C=O) groups is 2. The lowest BCUT2D eigenvalue weighted by atomic mass is 10.1. The van der Waals surface area contributed by atoms with Gasteiger partial charge in [0.2, 0.25) is 0 Å². The maximum absolute atomic E-state index is 12.1. The number of halogens is 1. The standard InChI is InChI=1S/C12H21ClN2O3/c1-8-6-14(10(13)16)7-9(2)15(8)11(17)18-12(3,4)5/h8-9H,6-7H2,1-5H3/t8-,9+. The quantitative estimate of drug-likeness (QED) is 0.505. The average molecular weight is 277 g/mol. The van der Waals surface area contributed by atoms with E-state index in [1.54, 1.807) is 4.90 Å². The molecule has 0 aromatic heterocycles. The first kappa shape index (κ1) is 15.1. The summed E-state index contributed by atoms with van der Waals surface area (Å²) in [7, 11) is 0. The first-order valence-corrected chi connectivity index (χ1v) is 6.45. The minimum Gasteiger partial charge on any atom is -0.444 e. The maximum atomic E-state index is 12.1. The van der Waals surface area contributed by atoms with Crippen LogP contribution in [-0.4, -0.2) is 52.0 Å². The SMILES string of the molecule is C[C@@H]1CN(C(=O)Cl)C[C@H](C)N1C(=O)OC(C)(C)C. The van der Waals surface area contributed by atoms with Gasteiger partial charge in [0.1, 0.15) is 5.60 Å². The molecule has 0 aliphatic carbocycles. The number of amides is 2. The second kappa shape index (κ2) is 5.34. The van der Waals surface area contributed by atoms with Crippen LogP contribution in [0, 0.1) is 0 Å². The Balaban J connectivity index is 2.73. The molecule has 1 aliphatic heterocycles. The Morgan fingerprint density at radius 3 is 1.94 bits per heavy atom. The Morgan fingerprint density at radius 2 is 1.61 bits per heavy atom. The monoisotopic (exact) mass is 276 g/mol. The number of rotatable bonds is 0. The van der Waals surface area contributed by atoms with Crippen LogP contribution in [0.2, 0.25) is 0 Å². The fraction of sp³-hybridized carbons (Fsp3) is 0.833. The van der Waals surface area contributed by atoms with Gasteiger partial charge in [0.15, 0.2) is 0 Å². The van der Waals surface area contributed by atoms with Gasteiger partial charge in [0, 0.05) is 13.1 Å². The van der Waals surface area contributed by atoms with Gasteiger partial charge in [0.25, 0.3) is 0 Å². The van der Waals surface area contributed by atoms with Crippen LogP contribution in [0.1, 0.15) is 34.6 Å². The van der Waals surface area contributed by atoms with E-state index in [2.05, 4.69) is 0 Å². The average Bonchev–Trinajstić information content (AvgIpc) is 2.12. The number of nitrogens with zero attached hydrogens (tertiary/aromatic N) is 2. The van der Waals surface area contributed by atoms with Crippen LogP contribution < -0.4 is 0 Å². The molecule has 1 fully saturated rings. The van der Waals surface area contributed by atoms with Crippen molar-refractivity contribution in [3.63, 3.8) is 0 Å². The molecule has 0 spiro atoms. The van der Waals surface area contributed by atoms with Crippen molar-refractivity contribution in [1.82, 2.24) is 9.80 Å². The van der Waals surface area contributed by atoms with E-state index in [1.165, 1.54) is 4.90 Å². The summed E-state index contributed by atoms with van der Waals surface area (Å²) in [6, 6.07) is -0.211. The predicted molar refractivity (Wildman–Crippen MR) is 69.8 cm³/mol. The Bertz CT molecular complexity index is 329. The van der Waals surface area contributed by atoms with Crippen LogP contribution in [0.25, 0.3) is 0 Å². The third kappa shape index (κ3) is 3.77. The molecule has 0 radical (unpaired) electrons. The maximum Gasteiger partial charge on any atom is 0.410 e. The minimum atomic E-state index is -0.518. The van der Waals surface area contributed by atoms with Gasteiger partial charge >= 0.3 is 11.5 Å². The lowest BCUT2D eigenvalue weighted by Gasteiger charge is -2.43. The Hall–Kier alpha value is -0.970. The third-order valence-electron chi connectivity index (χ3n) is 2.77. The van der Waals surface area contributed by atoms with Crippen molar-refractivity contribution in [2.45, 2.75) is 52.3 Å². The summed E-state index contributed by atoms with van der Waals surface area (Å²) in [4.78, 5) is 26.4. The molecule has 1 aliphatic rings. The van der Waals surface area contributed by atoms with Crippen molar-refractivity contribution in [2.24, 2.45) is 0 Å². The van der Waals surface area contributed by atoms with Crippen LogP contribution in [-0.2, 0) is 4.74 Å². The van der Waals surface area contributed by atoms with E-state index < -0.39 is 11.0 Å². The van der Waals surface area contributed by atoms with E-state index in [4.69, 9.17) is 16.3 Å². The number of hydrogen-bond donors (Lipinski definition) is 0. The zero-order valence-corrected chi connectivity index (χ0v) is 12.3. The molecule has 0 aromatic carbocycles. The number of hydrogen-bond acceptors (Lipinski definition) is 3. The molecule has 104 valence electrons. The molecule has 5 nitrogen and oxygen atoms in total. The lowest BCUT2D eigenvalue weighted by molar-refractivity contribution is -0.00809. The topological polar surface area (TPSA) is 49.9 Å². The van der Waals surface area contributed by atoms with Crippen molar-refractivity contribution in [3.05, 3.63) is 0 Å². The minimum absolute atomic E-state index is 0.105. The molecule has 0 N–H and O–H groups in total. The molecule has 0 saturated carbocycles. The zero-order valence-electron chi connectivity index (χ0n) is 11.6. The fourth-order valence-corrected chi connectivity index (χ4v) is 2.28. The van der Waals surface area contributed by atoms with Gasteiger partial charge < -0.3 is 9.64 Å². The van der Waals surface area contributed by atoms with Gasteiger partial charge in [-0.15, -0.1) is 0 Å². The molecule has 18 heavy (non-hydrogen) atoms. The Kier molecular flexibility index (Phi) is 4.48. The molecular formula is C12H21ClN2O3. The van der Waals surface area contributed by atoms with Crippen molar-refractivity contribution in [3.8, 4) is 0 Å². The smallest absolute Gasteiger partial charge is 0.410 e. The first-order valence-electron chi connectivity index (χ1n) is 6.07. The Labute approximate surface area is 113 Å². The molecule has 6 heteroatoms. The largest absolute Gasteiger partial charge is 0.444 e. The van der Waals surface area contributed by atoms with E-state index in [0.29, 0.717) is 13.1 Å². The highest BCUT2D eigenvalue weighted by molar-refractivity contribution is 6.62. The number of ether oxygens (including phenoxy) is 1. The third-order valence-corrected chi connectivity index (χ3v) is 3.01. The Morgan fingerprint density at radius 1 is 1.17 bits per heavy atom. The van der Waals surface area contributed by atoms with Crippen LogP contribution >= 0.6 is 11.6 Å². The molecule has 1 saturated heterocycles. The van der Waals surface area contributed by atoms with Crippen LogP contribution in [0.5, 0.6) is 0 Å². The second-order valence-electron chi connectivity index (χ2n) is 5.74. The van der Waals surface area contributed by atoms with Crippen molar-refractivity contribution in [2.75, 3.05) is 13.1 Å². The highest BCUT2D eigenvalue weighted by atomic mass is 35.5. The van der Waals surface area contributed by atoms with Gasteiger partial charge in [-0.3, -0.25) is 9.69 Å². The molecule has 1 rings (SSSR count). The number of piperazine rings is 1. The summed E-state index contributed by atoms with van der Waals surface area (Å²) < 4.78 is 5.36. The van der Waals surface area contributed by atoms with E-state index in [-0.39, 0.29) is 18.2 Å². The van der Waals surface area contributed by atoms with E-state index >= 15 is 0 Å². The van der Waals surface area contributed by atoms with Crippen molar-refractivity contribution < 1.29 is 14.3 Å². The summed E-state index contributed by atoms with van der Waals surface area (Å²) in [5.41, 5.74) is -0.518.